The predicted molar refractivity (Wildman–Crippen MR) is 135 cm³/mol. The lowest BCUT2D eigenvalue weighted by atomic mass is 9.81. The highest BCUT2D eigenvalue weighted by Gasteiger charge is 2.51. The number of ketones is 1. The van der Waals surface area contributed by atoms with Crippen molar-refractivity contribution >= 4 is 15.6 Å². The molecule has 4 aromatic carbocycles. The summed E-state index contributed by atoms with van der Waals surface area (Å²) < 4.78 is 28.4. The third-order valence-electron chi connectivity index (χ3n) is 6.77. The number of Topliss-reactive ketones (excluding diaryl/α,β-unsaturated/α-hetero) is 1. The van der Waals surface area contributed by atoms with Gasteiger partial charge in [0.15, 0.2) is 15.6 Å². The quantitative estimate of drug-likeness (QED) is 0.317. The normalized spacial score (nSPS) is 19.5. The van der Waals surface area contributed by atoms with Crippen LogP contribution in [0.2, 0.25) is 0 Å². The first-order valence-corrected chi connectivity index (χ1v) is 13.0. The summed E-state index contributed by atoms with van der Waals surface area (Å²) >= 11 is 0. The number of hydrogen-bond acceptors (Lipinski definition) is 3. The molecule has 1 aliphatic carbocycles. The SMILES string of the molecule is Cc1ccc(S(=O)(=O)[C@H]2c3cc(C)ccc3[C@@H](c3ccccc3)[C@@H]2C(=O)c2ccccc2)cc1. The number of sulfone groups is 1. The number of benzene rings is 4. The van der Waals surface area contributed by atoms with Gasteiger partial charge in [-0.3, -0.25) is 4.79 Å². The third kappa shape index (κ3) is 3.78. The van der Waals surface area contributed by atoms with E-state index in [0.717, 1.165) is 27.8 Å². The van der Waals surface area contributed by atoms with Gasteiger partial charge in [-0.1, -0.05) is 102 Å². The van der Waals surface area contributed by atoms with Crippen molar-refractivity contribution in [3.05, 3.63) is 137 Å². The Morgan fingerprint density at radius 2 is 1.26 bits per heavy atom. The molecule has 34 heavy (non-hydrogen) atoms. The van der Waals surface area contributed by atoms with E-state index in [0.29, 0.717) is 5.56 Å². The summed E-state index contributed by atoms with van der Waals surface area (Å²) in [5.41, 5.74) is 5.07. The second-order valence-corrected chi connectivity index (χ2v) is 11.1. The number of carbonyl (C=O) groups is 1. The van der Waals surface area contributed by atoms with Crippen LogP contribution >= 0.6 is 0 Å². The molecule has 1 aliphatic rings. The summed E-state index contributed by atoms with van der Waals surface area (Å²) in [5.74, 6) is -1.27. The molecular formula is C30H26O3S. The van der Waals surface area contributed by atoms with Gasteiger partial charge in [0.25, 0.3) is 0 Å². The highest BCUT2D eigenvalue weighted by atomic mass is 32.2. The van der Waals surface area contributed by atoms with Gasteiger partial charge in [-0.05, 0) is 42.7 Å². The van der Waals surface area contributed by atoms with E-state index < -0.39 is 21.0 Å². The molecule has 0 aromatic heterocycles. The van der Waals surface area contributed by atoms with Gasteiger partial charge in [0.05, 0.1) is 10.8 Å². The lowest BCUT2D eigenvalue weighted by Crippen LogP contribution is -2.28. The average Bonchev–Trinajstić information content (AvgIpc) is 3.20. The molecule has 0 heterocycles. The zero-order valence-corrected chi connectivity index (χ0v) is 20.0. The van der Waals surface area contributed by atoms with Crippen LogP contribution in [-0.2, 0) is 9.84 Å². The Bertz CT molecular complexity index is 1440. The first-order valence-electron chi connectivity index (χ1n) is 11.4. The molecule has 4 aromatic rings. The van der Waals surface area contributed by atoms with E-state index in [1.54, 1.807) is 24.3 Å². The Kier molecular flexibility index (Phi) is 5.70. The molecule has 0 aliphatic heterocycles. The van der Waals surface area contributed by atoms with Crippen molar-refractivity contribution < 1.29 is 13.2 Å². The average molecular weight is 467 g/mol. The Morgan fingerprint density at radius 1 is 0.676 bits per heavy atom. The minimum atomic E-state index is -3.85. The lowest BCUT2D eigenvalue weighted by molar-refractivity contribution is 0.0911. The maximum Gasteiger partial charge on any atom is 0.186 e. The predicted octanol–water partition coefficient (Wildman–Crippen LogP) is 6.46. The molecule has 3 atom stereocenters. The maximum absolute atomic E-state index is 14.2. The van der Waals surface area contributed by atoms with Gasteiger partial charge in [0, 0.05) is 11.5 Å². The number of fused-ring (bicyclic) bond motifs is 1. The Morgan fingerprint density at radius 3 is 1.91 bits per heavy atom. The number of rotatable bonds is 5. The number of aryl methyl sites for hydroxylation is 2. The van der Waals surface area contributed by atoms with E-state index in [1.165, 1.54) is 0 Å². The summed E-state index contributed by atoms with van der Waals surface area (Å²) in [6, 6.07) is 31.7. The lowest BCUT2D eigenvalue weighted by Gasteiger charge is -2.25. The zero-order valence-electron chi connectivity index (χ0n) is 19.2. The molecule has 0 amide bonds. The van der Waals surface area contributed by atoms with Crippen LogP contribution in [0.1, 0.15) is 49.3 Å². The zero-order chi connectivity index (χ0) is 23.9. The molecule has 3 nitrogen and oxygen atoms in total. The van der Waals surface area contributed by atoms with Gasteiger partial charge in [0.1, 0.15) is 5.25 Å². The van der Waals surface area contributed by atoms with Crippen molar-refractivity contribution in [2.24, 2.45) is 5.92 Å². The molecule has 0 radical (unpaired) electrons. The van der Waals surface area contributed by atoms with Gasteiger partial charge in [0.2, 0.25) is 0 Å². The molecule has 4 heteroatoms. The van der Waals surface area contributed by atoms with Gasteiger partial charge in [-0.25, -0.2) is 8.42 Å². The molecule has 0 saturated heterocycles. The largest absolute Gasteiger partial charge is 0.294 e. The van der Waals surface area contributed by atoms with Crippen molar-refractivity contribution in [1.29, 1.82) is 0 Å². The molecule has 0 N–H and O–H groups in total. The fourth-order valence-corrected chi connectivity index (χ4v) is 7.17. The van der Waals surface area contributed by atoms with E-state index in [2.05, 4.69) is 0 Å². The molecule has 170 valence electrons. The van der Waals surface area contributed by atoms with Crippen LogP contribution in [0.15, 0.2) is 108 Å². The fourth-order valence-electron chi connectivity index (χ4n) is 5.15. The molecular weight excluding hydrogens is 440 g/mol. The molecule has 0 spiro atoms. The summed E-state index contributed by atoms with van der Waals surface area (Å²) in [6.07, 6.45) is 0. The second-order valence-electron chi connectivity index (χ2n) is 9.06. The summed E-state index contributed by atoms with van der Waals surface area (Å²) in [4.78, 5) is 14.3. The van der Waals surface area contributed by atoms with Crippen LogP contribution in [-0.4, -0.2) is 14.2 Å². The van der Waals surface area contributed by atoms with Gasteiger partial charge in [-0.15, -0.1) is 0 Å². The van der Waals surface area contributed by atoms with Gasteiger partial charge < -0.3 is 0 Å². The van der Waals surface area contributed by atoms with Crippen molar-refractivity contribution in [2.75, 3.05) is 0 Å². The highest BCUT2D eigenvalue weighted by molar-refractivity contribution is 7.91. The van der Waals surface area contributed by atoms with Crippen LogP contribution in [0, 0.1) is 19.8 Å². The van der Waals surface area contributed by atoms with Crippen LogP contribution < -0.4 is 0 Å². The van der Waals surface area contributed by atoms with Crippen molar-refractivity contribution in [3.63, 3.8) is 0 Å². The standard InChI is InChI=1S/C30H26O3S/c1-20-13-16-24(17-14-20)34(32,33)30-26-19-21(2)15-18-25(26)27(22-9-5-3-6-10-22)28(30)29(31)23-11-7-4-8-12-23/h3-19,27-28,30H,1-2H3/t27-,28-,30+/m1/s1. The first-order chi connectivity index (χ1) is 16.4. The van der Waals surface area contributed by atoms with E-state index >= 15 is 0 Å². The summed E-state index contributed by atoms with van der Waals surface area (Å²) in [5, 5.41) is -0.969. The van der Waals surface area contributed by atoms with Crippen molar-refractivity contribution in [3.8, 4) is 0 Å². The minimum absolute atomic E-state index is 0.149. The number of carbonyl (C=O) groups excluding carboxylic acids is 1. The minimum Gasteiger partial charge on any atom is -0.294 e. The Labute approximate surface area is 201 Å². The van der Waals surface area contributed by atoms with Crippen LogP contribution in [0.25, 0.3) is 0 Å². The van der Waals surface area contributed by atoms with E-state index in [4.69, 9.17) is 0 Å². The van der Waals surface area contributed by atoms with E-state index in [9.17, 15) is 13.2 Å². The summed E-state index contributed by atoms with van der Waals surface area (Å²) in [7, 11) is -3.85. The van der Waals surface area contributed by atoms with Crippen molar-refractivity contribution in [1.82, 2.24) is 0 Å². The van der Waals surface area contributed by atoms with Crippen molar-refractivity contribution in [2.45, 2.75) is 29.9 Å². The van der Waals surface area contributed by atoms with Crippen LogP contribution in [0.4, 0.5) is 0 Å². The molecule has 0 bridgehead atoms. The summed E-state index contributed by atoms with van der Waals surface area (Å²) in [6.45, 7) is 3.89. The van der Waals surface area contributed by atoms with Gasteiger partial charge >= 0.3 is 0 Å². The van der Waals surface area contributed by atoms with E-state index in [1.807, 2.05) is 92.7 Å². The smallest absolute Gasteiger partial charge is 0.186 e. The maximum atomic E-state index is 14.2. The highest BCUT2D eigenvalue weighted by Crippen LogP contribution is 2.54. The molecule has 5 rings (SSSR count). The van der Waals surface area contributed by atoms with E-state index in [-0.39, 0.29) is 16.6 Å². The Hall–Kier alpha value is -3.50. The van der Waals surface area contributed by atoms with Gasteiger partial charge in [-0.2, -0.15) is 0 Å². The molecule has 0 saturated carbocycles. The van der Waals surface area contributed by atoms with Crippen LogP contribution in [0.3, 0.4) is 0 Å². The number of hydrogen-bond donors (Lipinski definition) is 0. The first kappa shape index (κ1) is 22.3. The Balaban J connectivity index is 1.77. The topological polar surface area (TPSA) is 51.2 Å². The molecule has 0 fully saturated rings. The second kappa shape index (κ2) is 8.69. The fraction of sp³-hybridized carbons (Fsp3) is 0.167. The van der Waals surface area contributed by atoms with Crippen LogP contribution in [0.5, 0.6) is 0 Å². The monoisotopic (exact) mass is 466 g/mol. The third-order valence-corrected chi connectivity index (χ3v) is 8.92. The molecule has 0 unspecified atom stereocenters.